The molecule has 0 amide bonds. The summed E-state index contributed by atoms with van der Waals surface area (Å²) < 4.78 is 0. The van der Waals surface area contributed by atoms with Gasteiger partial charge in [-0.15, -0.1) is 0 Å². The fraction of sp³-hybridized carbons (Fsp3) is 0.286. The van der Waals surface area contributed by atoms with Gasteiger partial charge in [0.05, 0.1) is 11.6 Å². The summed E-state index contributed by atoms with van der Waals surface area (Å²) in [5.41, 5.74) is 7.66. The third-order valence-electron chi connectivity index (χ3n) is 3.37. The van der Waals surface area contributed by atoms with Crippen molar-refractivity contribution in [2.45, 2.75) is 20.4 Å². The van der Waals surface area contributed by atoms with Gasteiger partial charge in [0.1, 0.15) is 17.5 Å². The van der Waals surface area contributed by atoms with Gasteiger partial charge < -0.3 is 10.6 Å². The van der Waals surface area contributed by atoms with Crippen LogP contribution < -0.4 is 10.6 Å². The molecule has 3 N–H and O–H groups in total. The summed E-state index contributed by atoms with van der Waals surface area (Å²) in [6.07, 6.45) is 3.44. The van der Waals surface area contributed by atoms with E-state index >= 15 is 0 Å². The summed E-state index contributed by atoms with van der Waals surface area (Å²) in [6, 6.07) is 3.86. The molecule has 0 radical (unpaired) electrons. The van der Waals surface area contributed by atoms with E-state index in [4.69, 9.17) is 5.73 Å². The number of nitrogens with one attached hydrogen (secondary N) is 1. The summed E-state index contributed by atoms with van der Waals surface area (Å²) in [7, 11) is 0. The highest BCUT2D eigenvalue weighted by atomic mass is 15.2. The van der Waals surface area contributed by atoms with Gasteiger partial charge in [-0.25, -0.2) is 15.0 Å². The van der Waals surface area contributed by atoms with Crippen molar-refractivity contribution in [1.29, 1.82) is 0 Å². The molecule has 0 atom stereocenters. The Morgan fingerprint density at radius 1 is 1.33 bits per heavy atom. The number of nitrogens with zero attached hydrogens (tertiary/aromatic N) is 5. The van der Waals surface area contributed by atoms with Crippen molar-refractivity contribution in [2.24, 2.45) is 0 Å². The SMILES string of the molecule is CCN(Cc1cccnc1N)c1nc(C)nc2[nH]ncc12. The number of hydrogen-bond acceptors (Lipinski definition) is 6. The normalized spacial score (nSPS) is 11.0. The van der Waals surface area contributed by atoms with Gasteiger partial charge in [0.2, 0.25) is 0 Å². The van der Waals surface area contributed by atoms with Crippen molar-refractivity contribution in [3.05, 3.63) is 35.9 Å². The summed E-state index contributed by atoms with van der Waals surface area (Å²) in [5, 5.41) is 7.85. The van der Waals surface area contributed by atoms with Crippen LogP contribution in [0, 0.1) is 6.92 Å². The lowest BCUT2D eigenvalue weighted by Crippen LogP contribution is -2.24. The zero-order valence-electron chi connectivity index (χ0n) is 12.0. The zero-order chi connectivity index (χ0) is 14.8. The van der Waals surface area contributed by atoms with Crippen LogP contribution >= 0.6 is 0 Å². The van der Waals surface area contributed by atoms with Crippen molar-refractivity contribution in [3.8, 4) is 0 Å². The highest BCUT2D eigenvalue weighted by molar-refractivity contribution is 5.86. The van der Waals surface area contributed by atoms with Crippen LogP contribution in [0.3, 0.4) is 0 Å². The molecule has 3 rings (SSSR count). The van der Waals surface area contributed by atoms with Crippen LogP contribution in [0.4, 0.5) is 11.6 Å². The number of pyridine rings is 1. The quantitative estimate of drug-likeness (QED) is 0.756. The number of aromatic amines is 1. The van der Waals surface area contributed by atoms with Gasteiger partial charge in [-0.2, -0.15) is 5.10 Å². The van der Waals surface area contributed by atoms with Crippen LogP contribution in [-0.2, 0) is 6.54 Å². The van der Waals surface area contributed by atoms with Crippen LogP contribution in [0.5, 0.6) is 0 Å². The van der Waals surface area contributed by atoms with E-state index in [1.807, 2.05) is 19.1 Å². The van der Waals surface area contributed by atoms with E-state index in [1.54, 1.807) is 12.4 Å². The van der Waals surface area contributed by atoms with Crippen LogP contribution in [0.1, 0.15) is 18.3 Å². The fourth-order valence-electron chi connectivity index (χ4n) is 2.30. The molecule has 0 spiro atoms. The molecule has 3 heterocycles. The molecule has 3 aromatic heterocycles. The lowest BCUT2D eigenvalue weighted by molar-refractivity contribution is 0.810. The third kappa shape index (κ3) is 2.49. The number of rotatable bonds is 4. The minimum absolute atomic E-state index is 0.546. The van der Waals surface area contributed by atoms with E-state index < -0.39 is 0 Å². The van der Waals surface area contributed by atoms with Crippen LogP contribution in [0.25, 0.3) is 11.0 Å². The summed E-state index contributed by atoms with van der Waals surface area (Å²) in [5.74, 6) is 2.11. The molecule has 7 nitrogen and oxygen atoms in total. The second-order valence-corrected chi connectivity index (χ2v) is 4.79. The molecule has 0 fully saturated rings. The topological polar surface area (TPSA) is 96.6 Å². The van der Waals surface area contributed by atoms with Gasteiger partial charge in [-0.1, -0.05) is 6.07 Å². The molecule has 0 aliphatic rings. The van der Waals surface area contributed by atoms with Gasteiger partial charge in [0.25, 0.3) is 0 Å². The maximum absolute atomic E-state index is 5.94. The van der Waals surface area contributed by atoms with Crippen molar-refractivity contribution in [2.75, 3.05) is 17.2 Å². The van der Waals surface area contributed by atoms with Gasteiger partial charge in [-0.05, 0) is 19.9 Å². The average Bonchev–Trinajstić information content (AvgIpc) is 2.94. The first-order chi connectivity index (χ1) is 10.2. The van der Waals surface area contributed by atoms with Gasteiger partial charge in [0, 0.05) is 24.8 Å². The molecular formula is C14H17N7. The van der Waals surface area contributed by atoms with E-state index in [-0.39, 0.29) is 0 Å². The average molecular weight is 283 g/mol. The Kier molecular flexibility index (Phi) is 3.39. The molecule has 0 aliphatic carbocycles. The second kappa shape index (κ2) is 5.35. The molecule has 0 unspecified atom stereocenters. The smallest absolute Gasteiger partial charge is 0.161 e. The van der Waals surface area contributed by atoms with Crippen LogP contribution in [0.15, 0.2) is 24.5 Å². The maximum Gasteiger partial charge on any atom is 0.161 e. The van der Waals surface area contributed by atoms with Crippen molar-refractivity contribution in [1.82, 2.24) is 25.1 Å². The lowest BCUT2D eigenvalue weighted by atomic mass is 10.2. The summed E-state index contributed by atoms with van der Waals surface area (Å²) in [4.78, 5) is 15.2. The number of anilines is 2. The highest BCUT2D eigenvalue weighted by Crippen LogP contribution is 2.24. The Labute approximate surface area is 122 Å². The van der Waals surface area contributed by atoms with Crippen molar-refractivity contribution >= 4 is 22.7 Å². The fourth-order valence-corrected chi connectivity index (χ4v) is 2.30. The van der Waals surface area contributed by atoms with Gasteiger partial charge >= 0.3 is 0 Å². The van der Waals surface area contributed by atoms with E-state index in [0.717, 1.165) is 29.0 Å². The van der Waals surface area contributed by atoms with Gasteiger partial charge in [-0.3, -0.25) is 5.10 Å². The monoisotopic (exact) mass is 283 g/mol. The first-order valence-corrected chi connectivity index (χ1v) is 6.81. The molecule has 0 aromatic carbocycles. The molecule has 0 aliphatic heterocycles. The van der Waals surface area contributed by atoms with Crippen LogP contribution in [0.2, 0.25) is 0 Å². The predicted octanol–water partition coefficient (Wildman–Crippen LogP) is 1.67. The minimum Gasteiger partial charge on any atom is -0.383 e. The number of H-pyrrole nitrogens is 1. The minimum atomic E-state index is 0.546. The molecular weight excluding hydrogens is 266 g/mol. The van der Waals surface area contributed by atoms with Gasteiger partial charge in [0.15, 0.2) is 5.65 Å². The molecule has 3 aromatic rings. The third-order valence-corrected chi connectivity index (χ3v) is 3.37. The van der Waals surface area contributed by atoms with Crippen molar-refractivity contribution < 1.29 is 0 Å². The Morgan fingerprint density at radius 3 is 2.95 bits per heavy atom. The standard InChI is InChI=1S/C14H17N7/c1-3-21(8-10-5-4-6-16-12(10)15)14-11-7-17-20-13(11)18-9(2)19-14/h4-7H,3,8H2,1-2H3,(H2,15,16)(H,17,18,19,20). The lowest BCUT2D eigenvalue weighted by Gasteiger charge is -2.23. The Hall–Kier alpha value is -2.70. The Bertz CT molecular complexity index is 765. The number of aromatic nitrogens is 5. The number of fused-ring (bicyclic) bond motifs is 1. The molecule has 0 saturated carbocycles. The maximum atomic E-state index is 5.94. The molecule has 21 heavy (non-hydrogen) atoms. The number of nitrogens with two attached hydrogens (primary N) is 1. The predicted molar refractivity (Wildman–Crippen MR) is 81.8 cm³/mol. The van der Waals surface area contributed by atoms with Crippen molar-refractivity contribution in [3.63, 3.8) is 0 Å². The number of hydrogen-bond donors (Lipinski definition) is 2. The number of nitrogen functional groups attached to an aromatic ring is 1. The zero-order valence-corrected chi connectivity index (χ0v) is 12.0. The van der Waals surface area contributed by atoms with E-state index in [2.05, 4.69) is 37.0 Å². The molecule has 0 bridgehead atoms. The summed E-state index contributed by atoms with van der Waals surface area (Å²) in [6.45, 7) is 5.39. The van der Waals surface area contributed by atoms with E-state index in [1.165, 1.54) is 0 Å². The number of aryl methyl sites for hydroxylation is 1. The van der Waals surface area contributed by atoms with E-state index in [0.29, 0.717) is 18.2 Å². The highest BCUT2D eigenvalue weighted by Gasteiger charge is 2.15. The first kappa shape index (κ1) is 13.3. The molecule has 7 heteroatoms. The second-order valence-electron chi connectivity index (χ2n) is 4.79. The molecule has 108 valence electrons. The van der Waals surface area contributed by atoms with Crippen LogP contribution in [-0.4, -0.2) is 31.7 Å². The largest absolute Gasteiger partial charge is 0.383 e. The first-order valence-electron chi connectivity index (χ1n) is 6.81. The van der Waals surface area contributed by atoms with E-state index in [9.17, 15) is 0 Å². The molecule has 0 saturated heterocycles. The Morgan fingerprint density at radius 2 is 2.19 bits per heavy atom. The summed E-state index contributed by atoms with van der Waals surface area (Å²) >= 11 is 0. The Balaban J connectivity index is 2.02.